The molecule has 0 saturated heterocycles. The average molecular weight is 490 g/mol. The van der Waals surface area contributed by atoms with Gasteiger partial charge in [0.2, 0.25) is 5.78 Å². The number of methoxy groups -OCH3 is 1. The van der Waals surface area contributed by atoms with Crippen LogP contribution in [0.4, 0.5) is 0 Å². The number of benzene rings is 3. The summed E-state index contributed by atoms with van der Waals surface area (Å²) in [6.45, 7) is 4.51. The third-order valence-electron chi connectivity index (χ3n) is 6.03. The zero-order chi connectivity index (χ0) is 24.7. The largest absolute Gasteiger partial charge is 0.497 e. The minimum Gasteiger partial charge on any atom is -0.497 e. The highest BCUT2D eigenvalue weighted by atomic mass is 32.2. The Balaban J connectivity index is 1.47. The van der Waals surface area contributed by atoms with E-state index in [0.717, 1.165) is 23.0 Å². The zero-order valence-electron chi connectivity index (χ0n) is 19.4. The van der Waals surface area contributed by atoms with Crippen LogP contribution in [0.2, 0.25) is 0 Å². The van der Waals surface area contributed by atoms with E-state index in [0.29, 0.717) is 22.6 Å². The molecule has 3 aromatic carbocycles. The van der Waals surface area contributed by atoms with Crippen molar-refractivity contribution in [3.8, 4) is 17.2 Å². The molecule has 4 aromatic rings. The number of nitrogens with zero attached hydrogens (tertiary/aromatic N) is 1. The van der Waals surface area contributed by atoms with E-state index in [1.807, 2.05) is 30.5 Å². The summed E-state index contributed by atoms with van der Waals surface area (Å²) in [7, 11) is -2.59. The van der Waals surface area contributed by atoms with Crippen LogP contribution in [0.1, 0.15) is 28.4 Å². The first-order chi connectivity index (χ1) is 16.8. The number of allylic oxidation sites excluding steroid dienone is 1. The van der Waals surface area contributed by atoms with Gasteiger partial charge in [0.25, 0.3) is 0 Å². The van der Waals surface area contributed by atoms with Gasteiger partial charge in [-0.3, -0.25) is 4.79 Å². The molecule has 0 spiro atoms. The lowest BCUT2D eigenvalue weighted by Gasteiger charge is -2.11. The van der Waals surface area contributed by atoms with Crippen molar-refractivity contribution in [2.75, 3.05) is 7.11 Å². The van der Waals surface area contributed by atoms with Crippen molar-refractivity contribution >= 4 is 32.9 Å². The molecule has 0 radical (unpaired) electrons. The van der Waals surface area contributed by atoms with E-state index in [4.69, 9.17) is 13.7 Å². The third-order valence-corrected chi connectivity index (χ3v) is 7.28. The topological polar surface area (TPSA) is 83.8 Å². The molecule has 5 rings (SSSR count). The molecule has 0 saturated carbocycles. The van der Waals surface area contributed by atoms with E-state index in [1.165, 1.54) is 31.4 Å². The first-order valence-electron chi connectivity index (χ1n) is 11.1. The van der Waals surface area contributed by atoms with Crippen molar-refractivity contribution < 1.29 is 26.9 Å². The second-order valence-electron chi connectivity index (χ2n) is 8.11. The fraction of sp³-hybridized carbons (Fsp3) is 0.148. The molecule has 0 N–H and O–H groups in total. The maximum atomic E-state index is 13.1. The molecular formula is C27H23NO6S. The van der Waals surface area contributed by atoms with E-state index < -0.39 is 10.1 Å². The van der Waals surface area contributed by atoms with Crippen LogP contribution in [-0.2, 0) is 16.7 Å². The predicted octanol–water partition coefficient (Wildman–Crippen LogP) is 5.36. The van der Waals surface area contributed by atoms with Gasteiger partial charge in [-0.25, -0.2) is 0 Å². The highest BCUT2D eigenvalue weighted by molar-refractivity contribution is 7.87. The number of rotatable bonds is 6. The Morgan fingerprint density at radius 2 is 1.77 bits per heavy atom. The summed E-state index contributed by atoms with van der Waals surface area (Å²) < 4.78 is 44.1. The summed E-state index contributed by atoms with van der Waals surface area (Å²) in [5.41, 5.74) is 2.73. The molecule has 8 heteroatoms. The number of hydrogen-bond donors (Lipinski definition) is 0. The van der Waals surface area contributed by atoms with Crippen LogP contribution in [0, 0.1) is 6.92 Å². The van der Waals surface area contributed by atoms with Gasteiger partial charge < -0.3 is 18.2 Å². The van der Waals surface area contributed by atoms with Crippen molar-refractivity contribution in [2.24, 2.45) is 0 Å². The van der Waals surface area contributed by atoms with Gasteiger partial charge in [0, 0.05) is 34.8 Å². The van der Waals surface area contributed by atoms with Crippen molar-refractivity contribution in [2.45, 2.75) is 25.3 Å². The van der Waals surface area contributed by atoms with E-state index in [9.17, 15) is 13.2 Å². The molecule has 1 aliphatic rings. The minimum atomic E-state index is -4.09. The van der Waals surface area contributed by atoms with Crippen LogP contribution in [-0.4, -0.2) is 25.9 Å². The summed E-state index contributed by atoms with van der Waals surface area (Å²) in [6.07, 6.45) is 3.71. The fourth-order valence-electron chi connectivity index (χ4n) is 4.16. The highest BCUT2D eigenvalue weighted by Gasteiger charge is 2.31. The normalized spacial score (nSPS) is 14.3. The Bertz CT molecular complexity index is 1600. The van der Waals surface area contributed by atoms with E-state index >= 15 is 0 Å². The summed E-state index contributed by atoms with van der Waals surface area (Å²) in [6, 6.07) is 16.9. The lowest BCUT2D eigenvalue weighted by atomic mass is 10.1. The maximum absolute atomic E-state index is 13.1. The molecule has 0 amide bonds. The van der Waals surface area contributed by atoms with Crippen LogP contribution < -0.4 is 13.7 Å². The van der Waals surface area contributed by atoms with Crippen molar-refractivity contribution in [3.05, 3.63) is 89.3 Å². The first kappa shape index (κ1) is 22.7. The van der Waals surface area contributed by atoms with E-state index in [-0.39, 0.29) is 22.2 Å². The SMILES string of the molecule is CCn1cc(/C=C2/Oc3c(ccc(OS(=O)(=O)c4ccc(OC)cc4)c3C)C2=O)c2ccccc21. The molecule has 0 unspecified atom stereocenters. The van der Waals surface area contributed by atoms with Gasteiger partial charge in [0.05, 0.1) is 12.7 Å². The number of carbonyl (C=O) groups is 1. The highest BCUT2D eigenvalue weighted by Crippen LogP contribution is 2.40. The number of hydrogen-bond acceptors (Lipinski definition) is 6. The van der Waals surface area contributed by atoms with E-state index in [1.54, 1.807) is 25.1 Å². The van der Waals surface area contributed by atoms with Gasteiger partial charge in [-0.1, -0.05) is 18.2 Å². The van der Waals surface area contributed by atoms with Gasteiger partial charge in [0.1, 0.15) is 22.1 Å². The molecule has 7 nitrogen and oxygen atoms in total. The molecule has 0 bridgehead atoms. The van der Waals surface area contributed by atoms with Gasteiger partial charge in [-0.2, -0.15) is 8.42 Å². The monoisotopic (exact) mass is 489 g/mol. The second-order valence-corrected chi connectivity index (χ2v) is 9.65. The quantitative estimate of drug-likeness (QED) is 0.268. The smallest absolute Gasteiger partial charge is 0.339 e. The fourth-order valence-corrected chi connectivity index (χ4v) is 5.14. The van der Waals surface area contributed by atoms with Gasteiger partial charge in [-0.05, 0) is 62.4 Å². The van der Waals surface area contributed by atoms with Crippen molar-refractivity contribution in [1.29, 1.82) is 0 Å². The molecule has 1 aliphatic heterocycles. The molecule has 0 fully saturated rings. The number of aryl methyl sites for hydroxylation is 1. The van der Waals surface area contributed by atoms with Gasteiger partial charge in [-0.15, -0.1) is 0 Å². The van der Waals surface area contributed by atoms with Crippen molar-refractivity contribution in [1.82, 2.24) is 4.57 Å². The Hall–Kier alpha value is -4.04. The lowest BCUT2D eigenvalue weighted by Crippen LogP contribution is -2.10. The summed E-state index contributed by atoms with van der Waals surface area (Å²) in [4.78, 5) is 13.1. The lowest BCUT2D eigenvalue weighted by molar-refractivity contribution is 0.101. The number of ketones is 1. The number of aromatic nitrogens is 1. The number of Topliss-reactive ketones (excluding diaryl/α,β-unsaturated/α-hetero) is 1. The summed E-state index contributed by atoms with van der Waals surface area (Å²) >= 11 is 0. The number of ether oxygens (including phenoxy) is 2. The Morgan fingerprint density at radius 1 is 1.03 bits per heavy atom. The first-order valence-corrected chi connectivity index (χ1v) is 12.5. The number of para-hydroxylation sites is 1. The summed E-state index contributed by atoms with van der Waals surface area (Å²) in [5, 5.41) is 1.01. The standard InChI is InChI=1S/C27H23NO6S/c1-4-28-16-18(21-7-5-6-8-23(21)28)15-25-26(29)22-13-14-24(17(2)27(22)33-25)34-35(30,31)20-11-9-19(32-3)10-12-20/h5-16H,4H2,1-3H3/b25-15+. The summed E-state index contributed by atoms with van der Waals surface area (Å²) in [5.74, 6) is 0.836. The molecule has 1 aromatic heterocycles. The Labute approximate surface area is 203 Å². The molecule has 35 heavy (non-hydrogen) atoms. The molecule has 2 heterocycles. The number of fused-ring (bicyclic) bond motifs is 2. The Morgan fingerprint density at radius 3 is 2.49 bits per heavy atom. The predicted molar refractivity (Wildman–Crippen MR) is 133 cm³/mol. The number of carbonyl (C=O) groups excluding carboxylic acids is 1. The second kappa shape index (κ2) is 8.63. The Kier molecular flexibility index (Phi) is 5.61. The van der Waals surface area contributed by atoms with Crippen LogP contribution in [0.3, 0.4) is 0 Å². The van der Waals surface area contributed by atoms with Gasteiger partial charge in [0.15, 0.2) is 5.76 Å². The molecular weight excluding hydrogens is 466 g/mol. The average Bonchev–Trinajstić information content (AvgIpc) is 3.39. The maximum Gasteiger partial charge on any atom is 0.339 e. The van der Waals surface area contributed by atoms with Crippen molar-refractivity contribution in [3.63, 3.8) is 0 Å². The third kappa shape index (κ3) is 3.95. The van der Waals surface area contributed by atoms with Crippen LogP contribution in [0.25, 0.3) is 17.0 Å². The van der Waals surface area contributed by atoms with Crippen LogP contribution in [0.5, 0.6) is 17.2 Å². The van der Waals surface area contributed by atoms with Gasteiger partial charge >= 0.3 is 10.1 Å². The molecule has 0 aliphatic carbocycles. The zero-order valence-corrected chi connectivity index (χ0v) is 20.3. The molecule has 0 atom stereocenters. The van der Waals surface area contributed by atoms with Crippen LogP contribution in [0.15, 0.2) is 77.5 Å². The van der Waals surface area contributed by atoms with E-state index in [2.05, 4.69) is 11.5 Å². The molecule has 178 valence electrons. The minimum absolute atomic E-state index is 0.0110. The van der Waals surface area contributed by atoms with Crippen LogP contribution >= 0.6 is 0 Å².